The Bertz CT molecular complexity index is 612. The molecule has 1 N–H and O–H groups in total. The fourth-order valence-corrected chi connectivity index (χ4v) is 2.48. The number of para-hydroxylation sites is 2. The molecule has 102 valence electrons. The lowest BCUT2D eigenvalue weighted by Gasteiger charge is -2.25. The van der Waals surface area contributed by atoms with Gasteiger partial charge in [0.25, 0.3) is 0 Å². The third kappa shape index (κ3) is 2.50. The summed E-state index contributed by atoms with van der Waals surface area (Å²) in [5.41, 5.74) is 3.15. The first-order valence-corrected chi connectivity index (χ1v) is 6.78. The van der Waals surface area contributed by atoms with Crippen molar-refractivity contribution >= 4 is 17.3 Å². The van der Waals surface area contributed by atoms with E-state index in [-0.39, 0.29) is 11.8 Å². The van der Waals surface area contributed by atoms with Gasteiger partial charge in [-0.2, -0.15) is 0 Å². The topological polar surface area (TPSA) is 45.2 Å². The van der Waals surface area contributed by atoms with Gasteiger partial charge in [-0.05, 0) is 29.8 Å². The van der Waals surface area contributed by atoms with Gasteiger partial charge < -0.3 is 10.2 Å². The maximum absolute atomic E-state index is 12.0. The van der Waals surface area contributed by atoms with Gasteiger partial charge in [-0.15, -0.1) is 0 Å². The van der Waals surface area contributed by atoms with Crippen LogP contribution in [0.25, 0.3) is 0 Å². The van der Waals surface area contributed by atoms with Gasteiger partial charge in [0.15, 0.2) is 0 Å². The van der Waals surface area contributed by atoms with Crippen LogP contribution < -0.4 is 10.2 Å². The minimum atomic E-state index is -0.0377. The number of carbonyl (C=O) groups is 1. The highest BCUT2D eigenvalue weighted by molar-refractivity contribution is 5.97. The van der Waals surface area contributed by atoms with E-state index >= 15 is 0 Å². The summed E-state index contributed by atoms with van der Waals surface area (Å²) in [6.07, 6.45) is 3.60. The van der Waals surface area contributed by atoms with Crippen LogP contribution in [-0.4, -0.2) is 17.4 Å². The van der Waals surface area contributed by atoms with Gasteiger partial charge >= 0.3 is 0 Å². The zero-order valence-electron chi connectivity index (χ0n) is 11.4. The lowest BCUT2D eigenvalue weighted by atomic mass is 10.1. The molecule has 20 heavy (non-hydrogen) atoms. The van der Waals surface area contributed by atoms with Crippen molar-refractivity contribution in [3.05, 3.63) is 54.4 Å². The van der Waals surface area contributed by atoms with Crippen LogP contribution in [0, 0.1) is 5.92 Å². The molecular weight excluding hydrogens is 250 g/mol. The first-order valence-electron chi connectivity index (χ1n) is 6.78. The number of hydrogen-bond acceptors (Lipinski definition) is 3. The van der Waals surface area contributed by atoms with E-state index in [2.05, 4.69) is 21.3 Å². The van der Waals surface area contributed by atoms with Crippen LogP contribution in [0.3, 0.4) is 0 Å². The van der Waals surface area contributed by atoms with Gasteiger partial charge in [0.1, 0.15) is 0 Å². The molecule has 0 spiro atoms. The number of nitrogens with one attached hydrogen (secondary N) is 1. The normalized spacial score (nSPS) is 18.1. The highest BCUT2D eigenvalue weighted by atomic mass is 16.1. The summed E-state index contributed by atoms with van der Waals surface area (Å²) in [6.45, 7) is 3.45. The summed E-state index contributed by atoms with van der Waals surface area (Å²) in [4.78, 5) is 18.3. The number of rotatable bonds is 2. The SMILES string of the molecule is C[C@@H]1CN(Cc2ccncc2)c2ccccc2NC1=O. The van der Waals surface area contributed by atoms with E-state index in [9.17, 15) is 4.79 Å². The summed E-state index contributed by atoms with van der Waals surface area (Å²) in [7, 11) is 0. The monoisotopic (exact) mass is 267 g/mol. The molecule has 1 atom stereocenters. The Morgan fingerprint density at radius 2 is 2.00 bits per heavy atom. The molecule has 4 heteroatoms. The summed E-state index contributed by atoms with van der Waals surface area (Å²) in [6, 6.07) is 12.0. The van der Waals surface area contributed by atoms with E-state index in [1.165, 1.54) is 5.56 Å². The zero-order valence-corrected chi connectivity index (χ0v) is 11.4. The standard InChI is InChI=1S/C16H17N3O/c1-12-10-19(11-13-6-8-17-9-7-13)15-5-3-2-4-14(15)18-16(12)20/h2-9,12H,10-11H2,1H3,(H,18,20)/t12-/m1/s1. The Labute approximate surface area is 118 Å². The van der Waals surface area contributed by atoms with Crippen LogP contribution in [0.15, 0.2) is 48.8 Å². The Kier molecular flexibility index (Phi) is 3.37. The highest BCUT2D eigenvalue weighted by Gasteiger charge is 2.24. The van der Waals surface area contributed by atoms with Gasteiger partial charge in [-0.1, -0.05) is 19.1 Å². The number of hydrogen-bond donors (Lipinski definition) is 1. The minimum absolute atomic E-state index is 0.0377. The van der Waals surface area contributed by atoms with Crippen LogP contribution in [0.5, 0.6) is 0 Å². The molecule has 1 aromatic heterocycles. The number of benzene rings is 1. The van der Waals surface area contributed by atoms with Crippen molar-refractivity contribution in [1.29, 1.82) is 0 Å². The molecule has 1 amide bonds. The van der Waals surface area contributed by atoms with E-state index in [1.54, 1.807) is 12.4 Å². The number of anilines is 2. The molecule has 1 aliphatic rings. The molecule has 0 bridgehead atoms. The van der Waals surface area contributed by atoms with Crippen molar-refractivity contribution in [3.63, 3.8) is 0 Å². The second-order valence-electron chi connectivity index (χ2n) is 5.14. The third-order valence-corrected chi connectivity index (χ3v) is 3.57. The summed E-state index contributed by atoms with van der Waals surface area (Å²) in [5.74, 6) is 0.0407. The van der Waals surface area contributed by atoms with Crippen LogP contribution >= 0.6 is 0 Å². The number of aromatic nitrogens is 1. The molecule has 2 aromatic rings. The lowest BCUT2D eigenvalue weighted by Crippen LogP contribution is -2.30. The van der Waals surface area contributed by atoms with E-state index < -0.39 is 0 Å². The molecule has 3 rings (SSSR count). The van der Waals surface area contributed by atoms with Gasteiger partial charge in [0.05, 0.1) is 17.3 Å². The summed E-state index contributed by atoms with van der Waals surface area (Å²) < 4.78 is 0. The van der Waals surface area contributed by atoms with Gasteiger partial charge in [-0.3, -0.25) is 9.78 Å². The number of carbonyl (C=O) groups excluding carboxylic acids is 1. The van der Waals surface area contributed by atoms with E-state index in [0.29, 0.717) is 6.54 Å². The average Bonchev–Trinajstić information content (AvgIpc) is 2.58. The Morgan fingerprint density at radius 3 is 2.80 bits per heavy atom. The van der Waals surface area contributed by atoms with E-state index in [1.807, 2.05) is 37.3 Å². The fraction of sp³-hybridized carbons (Fsp3) is 0.250. The molecule has 1 aliphatic heterocycles. The van der Waals surface area contributed by atoms with Crippen LogP contribution in [-0.2, 0) is 11.3 Å². The molecule has 1 aromatic carbocycles. The number of pyridine rings is 1. The predicted molar refractivity (Wildman–Crippen MR) is 79.5 cm³/mol. The van der Waals surface area contributed by atoms with Gasteiger partial charge in [-0.25, -0.2) is 0 Å². The lowest BCUT2D eigenvalue weighted by molar-refractivity contribution is -0.119. The van der Waals surface area contributed by atoms with E-state index in [0.717, 1.165) is 17.9 Å². The smallest absolute Gasteiger partial charge is 0.229 e. The molecule has 0 saturated carbocycles. The Hall–Kier alpha value is -2.36. The van der Waals surface area contributed by atoms with Crippen molar-refractivity contribution < 1.29 is 4.79 Å². The van der Waals surface area contributed by atoms with Crippen molar-refractivity contribution in [2.75, 3.05) is 16.8 Å². The summed E-state index contributed by atoms with van der Waals surface area (Å²) in [5, 5.41) is 2.99. The molecule has 0 unspecified atom stereocenters. The molecular formula is C16H17N3O. The molecule has 0 radical (unpaired) electrons. The first kappa shape index (κ1) is 12.7. The van der Waals surface area contributed by atoms with Crippen LogP contribution in [0.2, 0.25) is 0 Å². The van der Waals surface area contributed by atoms with Crippen molar-refractivity contribution in [2.45, 2.75) is 13.5 Å². The second kappa shape index (κ2) is 5.33. The molecule has 0 aliphatic carbocycles. The number of amides is 1. The number of fused-ring (bicyclic) bond motifs is 1. The first-order chi connectivity index (χ1) is 9.74. The maximum Gasteiger partial charge on any atom is 0.229 e. The highest BCUT2D eigenvalue weighted by Crippen LogP contribution is 2.30. The van der Waals surface area contributed by atoms with Crippen molar-refractivity contribution in [3.8, 4) is 0 Å². The number of nitrogens with zero attached hydrogens (tertiary/aromatic N) is 2. The molecule has 4 nitrogen and oxygen atoms in total. The van der Waals surface area contributed by atoms with Crippen molar-refractivity contribution in [2.24, 2.45) is 5.92 Å². The van der Waals surface area contributed by atoms with Gasteiger partial charge in [0, 0.05) is 25.5 Å². The van der Waals surface area contributed by atoms with Crippen LogP contribution in [0.1, 0.15) is 12.5 Å². The predicted octanol–water partition coefficient (Wildman–Crippen LogP) is 2.68. The third-order valence-electron chi connectivity index (χ3n) is 3.57. The molecule has 0 fully saturated rings. The maximum atomic E-state index is 12.0. The summed E-state index contributed by atoms with van der Waals surface area (Å²) >= 11 is 0. The fourth-order valence-electron chi connectivity index (χ4n) is 2.48. The minimum Gasteiger partial charge on any atom is -0.365 e. The quantitative estimate of drug-likeness (QED) is 0.910. The largest absolute Gasteiger partial charge is 0.365 e. The Balaban J connectivity index is 1.94. The second-order valence-corrected chi connectivity index (χ2v) is 5.14. The molecule has 2 heterocycles. The molecule has 0 saturated heterocycles. The zero-order chi connectivity index (χ0) is 13.9. The average molecular weight is 267 g/mol. The van der Waals surface area contributed by atoms with Crippen molar-refractivity contribution in [1.82, 2.24) is 4.98 Å². The Morgan fingerprint density at radius 1 is 1.25 bits per heavy atom. The van der Waals surface area contributed by atoms with Crippen LogP contribution in [0.4, 0.5) is 11.4 Å². The van der Waals surface area contributed by atoms with E-state index in [4.69, 9.17) is 0 Å². The van der Waals surface area contributed by atoms with Gasteiger partial charge in [0.2, 0.25) is 5.91 Å².